The van der Waals surface area contributed by atoms with Crippen molar-refractivity contribution in [2.45, 2.75) is 0 Å². The smallest absolute Gasteiger partial charge is 0.269 e. The summed E-state index contributed by atoms with van der Waals surface area (Å²) in [6.45, 7) is 0. The molecule has 0 atom stereocenters. The van der Waals surface area contributed by atoms with E-state index in [0.29, 0.717) is 5.69 Å². The summed E-state index contributed by atoms with van der Waals surface area (Å²) < 4.78 is 1.11. The summed E-state index contributed by atoms with van der Waals surface area (Å²) in [4.78, 5) is 16.5. The van der Waals surface area contributed by atoms with Crippen molar-refractivity contribution in [3.8, 4) is 11.3 Å². The molecular formula is C17H13IN2O. The third-order valence-corrected chi connectivity index (χ3v) is 4.27. The quantitative estimate of drug-likeness (QED) is 0.678. The standard InChI is InChI=1S/C17H13IN2O/c1-19-17(21)15-10-11-6-2-3-7-12(11)16(20-15)13-8-4-5-9-14(13)18/h2-10H,1H3,(H,19,21). The van der Waals surface area contributed by atoms with Crippen LogP contribution in [0.5, 0.6) is 0 Å². The van der Waals surface area contributed by atoms with Crippen molar-refractivity contribution in [1.82, 2.24) is 10.3 Å². The number of nitrogens with zero attached hydrogens (tertiary/aromatic N) is 1. The van der Waals surface area contributed by atoms with Crippen molar-refractivity contribution in [3.05, 3.63) is 63.9 Å². The van der Waals surface area contributed by atoms with Crippen LogP contribution in [-0.2, 0) is 0 Å². The van der Waals surface area contributed by atoms with Crippen molar-refractivity contribution >= 4 is 39.3 Å². The molecule has 0 radical (unpaired) electrons. The van der Waals surface area contributed by atoms with Crippen LogP contribution in [0.15, 0.2) is 54.6 Å². The maximum atomic E-state index is 12.0. The second-order valence-corrected chi connectivity index (χ2v) is 5.80. The molecule has 0 saturated heterocycles. The van der Waals surface area contributed by atoms with E-state index in [4.69, 9.17) is 0 Å². The molecule has 1 N–H and O–H groups in total. The zero-order valence-electron chi connectivity index (χ0n) is 11.4. The number of halogens is 1. The number of hydrogen-bond donors (Lipinski definition) is 1. The van der Waals surface area contributed by atoms with E-state index >= 15 is 0 Å². The van der Waals surface area contributed by atoms with Crippen LogP contribution in [0, 0.1) is 3.57 Å². The molecule has 0 aliphatic heterocycles. The highest BCUT2D eigenvalue weighted by molar-refractivity contribution is 14.1. The number of hydrogen-bond acceptors (Lipinski definition) is 2. The second kappa shape index (κ2) is 5.81. The molecule has 0 aliphatic rings. The van der Waals surface area contributed by atoms with Crippen LogP contribution in [0.4, 0.5) is 0 Å². The van der Waals surface area contributed by atoms with Crippen LogP contribution in [0.2, 0.25) is 0 Å². The van der Waals surface area contributed by atoms with Crippen molar-refractivity contribution in [2.75, 3.05) is 7.05 Å². The van der Waals surface area contributed by atoms with Gasteiger partial charge in [0.1, 0.15) is 5.69 Å². The van der Waals surface area contributed by atoms with E-state index in [0.717, 1.165) is 25.6 Å². The van der Waals surface area contributed by atoms with Crippen LogP contribution in [0.25, 0.3) is 22.0 Å². The molecule has 0 bridgehead atoms. The van der Waals surface area contributed by atoms with Gasteiger partial charge in [-0.1, -0.05) is 42.5 Å². The lowest BCUT2D eigenvalue weighted by atomic mass is 10.0. The Kier molecular flexibility index (Phi) is 3.88. The van der Waals surface area contributed by atoms with Crippen molar-refractivity contribution in [2.24, 2.45) is 0 Å². The minimum atomic E-state index is -0.173. The Bertz CT molecular complexity index is 830. The van der Waals surface area contributed by atoms with Gasteiger partial charge in [-0.3, -0.25) is 4.79 Å². The molecule has 4 heteroatoms. The lowest BCUT2D eigenvalue weighted by Gasteiger charge is -2.10. The molecule has 0 spiro atoms. The largest absolute Gasteiger partial charge is 0.354 e. The van der Waals surface area contributed by atoms with Crippen molar-refractivity contribution in [1.29, 1.82) is 0 Å². The fourth-order valence-corrected chi connectivity index (χ4v) is 2.94. The Balaban J connectivity index is 2.34. The predicted molar refractivity (Wildman–Crippen MR) is 93.3 cm³/mol. The number of amides is 1. The maximum absolute atomic E-state index is 12.0. The average Bonchev–Trinajstić information content (AvgIpc) is 2.53. The average molecular weight is 388 g/mol. The Morgan fingerprint density at radius 2 is 1.81 bits per heavy atom. The fraction of sp³-hybridized carbons (Fsp3) is 0.0588. The highest BCUT2D eigenvalue weighted by atomic mass is 127. The van der Waals surface area contributed by atoms with E-state index in [1.54, 1.807) is 7.05 Å². The summed E-state index contributed by atoms with van der Waals surface area (Å²) in [5.74, 6) is -0.173. The van der Waals surface area contributed by atoms with Gasteiger partial charge < -0.3 is 5.32 Å². The van der Waals surface area contributed by atoms with Crippen LogP contribution >= 0.6 is 22.6 Å². The third kappa shape index (κ3) is 2.63. The van der Waals surface area contributed by atoms with Crippen LogP contribution < -0.4 is 5.32 Å². The molecule has 0 aliphatic carbocycles. The molecule has 3 rings (SSSR count). The Labute approximate surface area is 136 Å². The molecule has 104 valence electrons. The van der Waals surface area contributed by atoms with Gasteiger partial charge in [0.05, 0.1) is 5.69 Å². The topological polar surface area (TPSA) is 42.0 Å². The van der Waals surface area contributed by atoms with Gasteiger partial charge in [0.2, 0.25) is 0 Å². The first kappa shape index (κ1) is 14.0. The van der Waals surface area contributed by atoms with E-state index < -0.39 is 0 Å². The number of pyridine rings is 1. The van der Waals surface area contributed by atoms with E-state index in [9.17, 15) is 4.79 Å². The third-order valence-electron chi connectivity index (χ3n) is 3.33. The molecule has 1 heterocycles. The number of nitrogens with one attached hydrogen (secondary N) is 1. The monoisotopic (exact) mass is 388 g/mol. The lowest BCUT2D eigenvalue weighted by Crippen LogP contribution is -2.19. The van der Waals surface area contributed by atoms with E-state index in [2.05, 4.69) is 32.9 Å². The number of benzene rings is 2. The Morgan fingerprint density at radius 1 is 1.10 bits per heavy atom. The summed E-state index contributed by atoms with van der Waals surface area (Å²) in [6.07, 6.45) is 0. The van der Waals surface area contributed by atoms with Crippen LogP contribution in [-0.4, -0.2) is 17.9 Å². The first-order valence-corrected chi connectivity index (χ1v) is 7.65. The first-order valence-electron chi connectivity index (χ1n) is 6.57. The van der Waals surface area contributed by atoms with Gasteiger partial charge in [-0.2, -0.15) is 0 Å². The Morgan fingerprint density at radius 3 is 2.57 bits per heavy atom. The number of rotatable bonds is 2. The first-order chi connectivity index (χ1) is 10.2. The maximum Gasteiger partial charge on any atom is 0.269 e. The zero-order valence-corrected chi connectivity index (χ0v) is 13.6. The molecule has 1 amide bonds. The van der Waals surface area contributed by atoms with Crippen LogP contribution in [0.3, 0.4) is 0 Å². The summed E-state index contributed by atoms with van der Waals surface area (Å²) in [5.41, 5.74) is 2.32. The minimum Gasteiger partial charge on any atom is -0.354 e. The molecular weight excluding hydrogens is 375 g/mol. The fourth-order valence-electron chi connectivity index (χ4n) is 2.30. The summed E-state index contributed by atoms with van der Waals surface area (Å²) in [6, 6.07) is 17.9. The number of fused-ring (bicyclic) bond motifs is 1. The lowest BCUT2D eigenvalue weighted by molar-refractivity contribution is 0.0958. The predicted octanol–water partition coefficient (Wildman–Crippen LogP) is 3.87. The number of aromatic nitrogens is 1. The molecule has 3 aromatic rings. The SMILES string of the molecule is CNC(=O)c1cc2ccccc2c(-c2ccccc2I)n1. The van der Waals surface area contributed by atoms with E-state index in [-0.39, 0.29) is 5.91 Å². The molecule has 3 nitrogen and oxygen atoms in total. The van der Waals surface area contributed by atoms with Crippen LogP contribution in [0.1, 0.15) is 10.5 Å². The van der Waals surface area contributed by atoms with Crippen molar-refractivity contribution < 1.29 is 4.79 Å². The molecule has 2 aromatic carbocycles. The van der Waals surface area contributed by atoms with Crippen molar-refractivity contribution in [3.63, 3.8) is 0 Å². The summed E-state index contributed by atoms with van der Waals surface area (Å²) in [5, 5.41) is 4.70. The Hall–Kier alpha value is -1.95. The van der Waals surface area contributed by atoms with Gasteiger partial charge in [-0.15, -0.1) is 0 Å². The normalized spacial score (nSPS) is 10.6. The molecule has 21 heavy (non-hydrogen) atoms. The van der Waals surface area contributed by atoms with E-state index in [1.165, 1.54) is 0 Å². The zero-order chi connectivity index (χ0) is 14.8. The summed E-state index contributed by atoms with van der Waals surface area (Å²) >= 11 is 2.29. The van der Waals surface area contributed by atoms with Gasteiger partial charge in [0, 0.05) is 21.6 Å². The second-order valence-electron chi connectivity index (χ2n) is 4.64. The minimum absolute atomic E-state index is 0.173. The highest BCUT2D eigenvalue weighted by Gasteiger charge is 2.13. The molecule has 0 saturated carbocycles. The van der Waals surface area contributed by atoms with E-state index in [1.807, 2.05) is 54.6 Å². The molecule has 0 unspecified atom stereocenters. The van der Waals surface area contributed by atoms with Gasteiger partial charge in [0.15, 0.2) is 0 Å². The number of carbonyl (C=O) groups is 1. The van der Waals surface area contributed by atoms with Gasteiger partial charge >= 0.3 is 0 Å². The van der Waals surface area contributed by atoms with Gasteiger partial charge in [-0.05, 0) is 40.1 Å². The summed E-state index contributed by atoms with van der Waals surface area (Å²) in [7, 11) is 1.62. The number of carbonyl (C=O) groups excluding carboxylic acids is 1. The highest BCUT2D eigenvalue weighted by Crippen LogP contribution is 2.30. The van der Waals surface area contributed by atoms with Gasteiger partial charge in [0.25, 0.3) is 5.91 Å². The molecule has 1 aromatic heterocycles. The molecule has 0 fully saturated rings. The van der Waals surface area contributed by atoms with Gasteiger partial charge in [-0.25, -0.2) is 4.98 Å².